The van der Waals surface area contributed by atoms with Gasteiger partial charge in [0.25, 0.3) is 0 Å². The molecular formula is C10H20N2O4. The minimum absolute atomic E-state index is 0.198. The first-order valence-electron chi connectivity index (χ1n) is 4.96. The largest absolute Gasteiger partial charge is 0.465 e. The smallest absolute Gasteiger partial charge is 0.408 e. The standard InChI is InChI=1S/C10H20N2O4/c1-10(2,3)12(9(14)15)8(7-13)6-11(4)16-5/h7-8H,6H2,1-5H3,(H,14,15)/t8-/m0/s1. The van der Waals surface area contributed by atoms with Crippen LogP contribution in [-0.2, 0) is 9.63 Å². The number of hydrogen-bond acceptors (Lipinski definition) is 4. The lowest BCUT2D eigenvalue weighted by Gasteiger charge is -2.38. The second kappa shape index (κ2) is 5.81. The lowest BCUT2D eigenvalue weighted by atomic mass is 10.0. The summed E-state index contributed by atoms with van der Waals surface area (Å²) in [4.78, 5) is 28.1. The molecule has 1 amide bonds. The van der Waals surface area contributed by atoms with E-state index >= 15 is 0 Å². The van der Waals surface area contributed by atoms with Gasteiger partial charge in [0.2, 0.25) is 0 Å². The molecule has 0 aliphatic heterocycles. The van der Waals surface area contributed by atoms with Gasteiger partial charge in [-0.2, -0.15) is 5.06 Å². The number of rotatable bonds is 5. The van der Waals surface area contributed by atoms with Gasteiger partial charge in [0.1, 0.15) is 12.3 Å². The van der Waals surface area contributed by atoms with E-state index in [9.17, 15) is 9.59 Å². The van der Waals surface area contributed by atoms with Gasteiger partial charge >= 0.3 is 6.09 Å². The molecule has 6 nitrogen and oxygen atoms in total. The van der Waals surface area contributed by atoms with E-state index in [1.54, 1.807) is 27.8 Å². The summed E-state index contributed by atoms with van der Waals surface area (Å²) in [7, 11) is 3.10. The molecule has 0 spiro atoms. The van der Waals surface area contributed by atoms with E-state index in [4.69, 9.17) is 9.94 Å². The SMILES string of the molecule is CON(C)C[C@@H](C=O)N(C(=O)O)C(C)(C)C. The van der Waals surface area contributed by atoms with Crippen LogP contribution >= 0.6 is 0 Å². The van der Waals surface area contributed by atoms with Gasteiger partial charge in [0.15, 0.2) is 0 Å². The molecule has 0 bridgehead atoms. The molecule has 0 unspecified atom stereocenters. The minimum atomic E-state index is -1.12. The Morgan fingerprint density at radius 3 is 2.25 bits per heavy atom. The zero-order valence-corrected chi connectivity index (χ0v) is 10.4. The Morgan fingerprint density at radius 2 is 2.00 bits per heavy atom. The Balaban J connectivity index is 4.87. The molecule has 6 heteroatoms. The highest BCUT2D eigenvalue weighted by Gasteiger charge is 2.33. The first-order valence-corrected chi connectivity index (χ1v) is 4.96. The Labute approximate surface area is 95.7 Å². The molecule has 0 fully saturated rings. The highest BCUT2D eigenvalue weighted by atomic mass is 16.7. The summed E-state index contributed by atoms with van der Waals surface area (Å²) in [6.45, 7) is 5.42. The fraction of sp³-hybridized carbons (Fsp3) is 0.800. The number of hydrogen-bond donors (Lipinski definition) is 1. The molecule has 0 rings (SSSR count). The third-order valence-electron chi connectivity index (χ3n) is 2.17. The van der Waals surface area contributed by atoms with Crippen LogP contribution in [0.2, 0.25) is 0 Å². The molecule has 0 saturated carbocycles. The Bertz CT molecular complexity index is 250. The topological polar surface area (TPSA) is 70.1 Å². The molecule has 1 atom stereocenters. The second-order valence-electron chi connectivity index (χ2n) is 4.52. The molecule has 0 radical (unpaired) electrons. The normalized spacial score (nSPS) is 13.6. The summed E-state index contributed by atoms with van der Waals surface area (Å²) in [6.07, 6.45) is -0.497. The van der Waals surface area contributed by atoms with Crippen molar-refractivity contribution in [1.82, 2.24) is 9.96 Å². The van der Waals surface area contributed by atoms with E-state index in [1.165, 1.54) is 12.2 Å². The first-order chi connectivity index (χ1) is 7.23. The van der Waals surface area contributed by atoms with Crippen molar-refractivity contribution in [2.45, 2.75) is 32.4 Å². The molecule has 0 aromatic rings. The van der Waals surface area contributed by atoms with E-state index < -0.39 is 17.7 Å². The van der Waals surface area contributed by atoms with Crippen LogP contribution in [0.3, 0.4) is 0 Å². The Kier molecular flexibility index (Phi) is 5.40. The number of carboxylic acid groups (broad SMARTS) is 1. The van der Waals surface area contributed by atoms with E-state index in [1.807, 2.05) is 0 Å². The van der Waals surface area contributed by atoms with E-state index in [0.29, 0.717) is 6.29 Å². The average molecular weight is 232 g/mol. The summed E-state index contributed by atoms with van der Waals surface area (Å²) >= 11 is 0. The number of aldehydes is 1. The number of carbonyl (C=O) groups is 2. The Hall–Kier alpha value is -1.14. The van der Waals surface area contributed by atoms with Crippen LogP contribution < -0.4 is 0 Å². The van der Waals surface area contributed by atoms with Gasteiger partial charge in [-0.3, -0.25) is 4.90 Å². The van der Waals surface area contributed by atoms with E-state index in [0.717, 1.165) is 4.90 Å². The van der Waals surface area contributed by atoms with Crippen molar-refractivity contribution in [1.29, 1.82) is 0 Å². The number of hydroxylamine groups is 2. The summed E-state index contributed by atoms with van der Waals surface area (Å²) in [5.74, 6) is 0. The van der Waals surface area contributed by atoms with E-state index in [2.05, 4.69) is 0 Å². The maximum Gasteiger partial charge on any atom is 0.408 e. The molecule has 1 N–H and O–H groups in total. The van der Waals surface area contributed by atoms with Crippen LogP contribution in [0.5, 0.6) is 0 Å². The molecule has 0 saturated heterocycles. The van der Waals surface area contributed by atoms with Crippen LogP contribution in [0.4, 0.5) is 4.79 Å². The summed E-state index contributed by atoms with van der Waals surface area (Å²) in [5, 5.41) is 10.5. The zero-order valence-electron chi connectivity index (χ0n) is 10.4. The maximum absolute atomic E-state index is 11.1. The molecule has 0 aromatic heterocycles. The van der Waals surface area contributed by atoms with Gasteiger partial charge in [-0.15, -0.1) is 0 Å². The number of nitrogens with zero attached hydrogens (tertiary/aromatic N) is 2. The van der Waals surface area contributed by atoms with Crippen molar-refractivity contribution in [3.8, 4) is 0 Å². The predicted molar refractivity (Wildman–Crippen MR) is 59.1 cm³/mol. The fourth-order valence-electron chi connectivity index (χ4n) is 1.45. The van der Waals surface area contributed by atoms with Gasteiger partial charge in [-0.05, 0) is 20.8 Å². The van der Waals surface area contributed by atoms with Crippen molar-refractivity contribution in [2.24, 2.45) is 0 Å². The minimum Gasteiger partial charge on any atom is -0.465 e. The van der Waals surface area contributed by atoms with Gasteiger partial charge in [0.05, 0.1) is 13.7 Å². The van der Waals surface area contributed by atoms with Crippen molar-refractivity contribution < 1.29 is 19.5 Å². The number of carbonyl (C=O) groups excluding carboxylic acids is 1. The van der Waals surface area contributed by atoms with Crippen molar-refractivity contribution >= 4 is 12.4 Å². The van der Waals surface area contributed by atoms with Gasteiger partial charge in [-0.1, -0.05) is 0 Å². The first kappa shape index (κ1) is 14.9. The lowest BCUT2D eigenvalue weighted by Crippen LogP contribution is -2.55. The third kappa shape index (κ3) is 4.16. The highest BCUT2D eigenvalue weighted by molar-refractivity contribution is 5.72. The molecule has 16 heavy (non-hydrogen) atoms. The summed E-state index contributed by atoms with van der Waals surface area (Å²) < 4.78 is 0. The van der Waals surface area contributed by atoms with Crippen LogP contribution in [0, 0.1) is 0 Å². The van der Waals surface area contributed by atoms with Crippen LogP contribution in [0.25, 0.3) is 0 Å². The monoisotopic (exact) mass is 232 g/mol. The van der Waals surface area contributed by atoms with Gasteiger partial charge in [-0.25, -0.2) is 4.79 Å². The van der Waals surface area contributed by atoms with Crippen LogP contribution in [-0.4, -0.2) is 59.7 Å². The maximum atomic E-state index is 11.1. The molecule has 0 aromatic carbocycles. The number of likely N-dealkylation sites (N-methyl/N-ethyl adjacent to an activating group) is 1. The van der Waals surface area contributed by atoms with Crippen molar-refractivity contribution in [3.63, 3.8) is 0 Å². The van der Waals surface area contributed by atoms with Crippen molar-refractivity contribution in [3.05, 3.63) is 0 Å². The molecule has 94 valence electrons. The fourth-order valence-corrected chi connectivity index (χ4v) is 1.45. The highest BCUT2D eigenvalue weighted by Crippen LogP contribution is 2.17. The van der Waals surface area contributed by atoms with E-state index in [-0.39, 0.29) is 6.54 Å². The van der Waals surface area contributed by atoms with Gasteiger partial charge < -0.3 is 14.7 Å². The van der Waals surface area contributed by atoms with Crippen LogP contribution in [0.15, 0.2) is 0 Å². The molecule has 0 aliphatic carbocycles. The molecule has 0 aliphatic rings. The van der Waals surface area contributed by atoms with Crippen LogP contribution in [0.1, 0.15) is 20.8 Å². The number of amides is 1. The van der Waals surface area contributed by atoms with Gasteiger partial charge in [0, 0.05) is 12.6 Å². The lowest BCUT2D eigenvalue weighted by molar-refractivity contribution is -0.134. The molecular weight excluding hydrogens is 212 g/mol. The summed E-state index contributed by atoms with van der Waals surface area (Å²) in [6, 6.07) is -0.748. The predicted octanol–water partition coefficient (Wildman–Crippen LogP) is 0.826. The van der Waals surface area contributed by atoms with Crippen molar-refractivity contribution in [2.75, 3.05) is 20.7 Å². The summed E-state index contributed by atoms with van der Waals surface area (Å²) in [5.41, 5.74) is -0.633. The average Bonchev–Trinajstić information content (AvgIpc) is 2.13. The quantitative estimate of drug-likeness (QED) is 0.561. The third-order valence-corrected chi connectivity index (χ3v) is 2.17. The zero-order chi connectivity index (χ0) is 12.9. The second-order valence-corrected chi connectivity index (χ2v) is 4.52. The Morgan fingerprint density at radius 1 is 1.50 bits per heavy atom. The molecule has 0 heterocycles.